The van der Waals surface area contributed by atoms with E-state index in [1.165, 1.54) is 16.7 Å². The molecule has 1 heterocycles. The molecule has 0 radical (unpaired) electrons. The van der Waals surface area contributed by atoms with Gasteiger partial charge < -0.3 is 0 Å². The van der Waals surface area contributed by atoms with Gasteiger partial charge in [-0.3, -0.25) is 0 Å². The molecule has 0 bridgehead atoms. The second kappa shape index (κ2) is 7.04. The van der Waals surface area contributed by atoms with Crippen LogP contribution in [0.5, 0.6) is 0 Å². The second-order valence-electron chi connectivity index (χ2n) is 5.88. The summed E-state index contributed by atoms with van der Waals surface area (Å²) in [7, 11) is 0. The lowest BCUT2D eigenvalue weighted by atomic mass is 10.00. The number of nitrogens with zero attached hydrogens (tertiary/aromatic N) is 1. The summed E-state index contributed by atoms with van der Waals surface area (Å²) in [5.41, 5.74) is 6.82. The number of pyridine rings is 1. The fourth-order valence-electron chi connectivity index (χ4n) is 2.93. The highest BCUT2D eigenvalue weighted by Gasteiger charge is 2.07. The van der Waals surface area contributed by atoms with Crippen molar-refractivity contribution in [3.8, 4) is 33.5 Å². The lowest BCUT2D eigenvalue weighted by molar-refractivity contribution is 1.28. The molecular formula is C23H16BrN. The lowest BCUT2D eigenvalue weighted by Gasteiger charge is -2.09. The van der Waals surface area contributed by atoms with Gasteiger partial charge in [-0.15, -0.1) is 0 Å². The van der Waals surface area contributed by atoms with Crippen molar-refractivity contribution in [3.05, 3.63) is 102 Å². The average Bonchev–Trinajstić information content (AvgIpc) is 2.69. The Labute approximate surface area is 156 Å². The van der Waals surface area contributed by atoms with E-state index in [-0.39, 0.29) is 0 Å². The van der Waals surface area contributed by atoms with Crippen molar-refractivity contribution in [2.75, 3.05) is 0 Å². The Morgan fingerprint density at radius 1 is 0.480 bits per heavy atom. The smallest absolute Gasteiger partial charge is 0.107 e. The third kappa shape index (κ3) is 3.54. The quantitative estimate of drug-likeness (QED) is 0.351. The molecule has 0 saturated carbocycles. The number of halogens is 1. The summed E-state index contributed by atoms with van der Waals surface area (Å²) < 4.78 is 0.842. The zero-order valence-electron chi connectivity index (χ0n) is 13.6. The first kappa shape index (κ1) is 15.8. The van der Waals surface area contributed by atoms with E-state index in [0.29, 0.717) is 0 Å². The standard InChI is InChI=1S/C23H16BrN/c24-23-16-21(18-10-5-2-6-11-18)15-22(25-23)20-13-7-12-19(14-20)17-8-3-1-4-9-17/h1-16H. The van der Waals surface area contributed by atoms with Crippen molar-refractivity contribution in [2.24, 2.45) is 0 Å². The van der Waals surface area contributed by atoms with Crippen LogP contribution in [-0.2, 0) is 0 Å². The van der Waals surface area contributed by atoms with Crippen LogP contribution >= 0.6 is 15.9 Å². The van der Waals surface area contributed by atoms with Crippen LogP contribution in [0.2, 0.25) is 0 Å². The zero-order chi connectivity index (χ0) is 17.1. The molecular weight excluding hydrogens is 370 g/mol. The van der Waals surface area contributed by atoms with Crippen molar-refractivity contribution < 1.29 is 0 Å². The average molecular weight is 386 g/mol. The van der Waals surface area contributed by atoms with E-state index in [4.69, 9.17) is 0 Å². The van der Waals surface area contributed by atoms with Crippen LogP contribution in [0.15, 0.2) is 102 Å². The van der Waals surface area contributed by atoms with Crippen LogP contribution < -0.4 is 0 Å². The molecule has 1 nitrogen and oxygen atoms in total. The van der Waals surface area contributed by atoms with Gasteiger partial charge in [0.1, 0.15) is 4.60 Å². The Hall–Kier alpha value is -2.71. The van der Waals surface area contributed by atoms with Gasteiger partial charge in [0.25, 0.3) is 0 Å². The summed E-state index contributed by atoms with van der Waals surface area (Å²) in [6.45, 7) is 0. The molecule has 0 spiro atoms. The predicted molar refractivity (Wildman–Crippen MR) is 108 cm³/mol. The van der Waals surface area contributed by atoms with Crippen molar-refractivity contribution >= 4 is 15.9 Å². The fraction of sp³-hybridized carbons (Fsp3) is 0. The van der Waals surface area contributed by atoms with Crippen molar-refractivity contribution in [3.63, 3.8) is 0 Å². The monoisotopic (exact) mass is 385 g/mol. The van der Waals surface area contributed by atoms with E-state index in [0.717, 1.165) is 21.4 Å². The van der Waals surface area contributed by atoms with Gasteiger partial charge in [0.15, 0.2) is 0 Å². The van der Waals surface area contributed by atoms with Crippen LogP contribution in [0.4, 0.5) is 0 Å². The molecule has 0 unspecified atom stereocenters. The van der Waals surface area contributed by atoms with Crippen LogP contribution in [0.3, 0.4) is 0 Å². The van der Waals surface area contributed by atoms with Crippen molar-refractivity contribution in [1.82, 2.24) is 4.98 Å². The van der Waals surface area contributed by atoms with E-state index in [9.17, 15) is 0 Å². The predicted octanol–water partition coefficient (Wildman–Crippen LogP) is 6.85. The fourth-order valence-corrected chi connectivity index (χ4v) is 3.37. The van der Waals surface area contributed by atoms with Gasteiger partial charge in [0.2, 0.25) is 0 Å². The topological polar surface area (TPSA) is 12.9 Å². The third-order valence-electron chi connectivity index (χ3n) is 4.17. The van der Waals surface area contributed by atoms with Gasteiger partial charge in [0, 0.05) is 5.56 Å². The van der Waals surface area contributed by atoms with E-state index in [1.807, 2.05) is 12.1 Å². The molecule has 4 rings (SSSR count). The first-order valence-corrected chi connectivity index (χ1v) is 8.98. The van der Waals surface area contributed by atoms with Crippen molar-refractivity contribution in [2.45, 2.75) is 0 Å². The van der Waals surface area contributed by atoms with Gasteiger partial charge >= 0.3 is 0 Å². The first-order chi connectivity index (χ1) is 12.3. The molecule has 1 aromatic heterocycles. The van der Waals surface area contributed by atoms with Gasteiger partial charge in [-0.25, -0.2) is 4.98 Å². The molecule has 0 fully saturated rings. The third-order valence-corrected chi connectivity index (χ3v) is 4.57. The van der Waals surface area contributed by atoms with Crippen LogP contribution in [0.1, 0.15) is 0 Å². The SMILES string of the molecule is Brc1cc(-c2ccccc2)cc(-c2cccc(-c3ccccc3)c2)n1. The highest BCUT2D eigenvalue weighted by molar-refractivity contribution is 9.10. The summed E-state index contributed by atoms with van der Waals surface area (Å²) in [6, 6.07) is 33.5. The van der Waals surface area contributed by atoms with Crippen LogP contribution in [0.25, 0.3) is 33.5 Å². The molecule has 0 N–H and O–H groups in total. The molecule has 0 aliphatic carbocycles. The molecule has 25 heavy (non-hydrogen) atoms. The molecule has 3 aromatic carbocycles. The molecule has 0 aliphatic heterocycles. The minimum atomic E-state index is 0.842. The molecule has 0 aliphatic rings. The molecule has 0 saturated heterocycles. The maximum atomic E-state index is 4.68. The second-order valence-corrected chi connectivity index (χ2v) is 6.69. The summed E-state index contributed by atoms with van der Waals surface area (Å²) in [6.07, 6.45) is 0. The number of rotatable bonds is 3. The molecule has 2 heteroatoms. The highest BCUT2D eigenvalue weighted by Crippen LogP contribution is 2.30. The highest BCUT2D eigenvalue weighted by atomic mass is 79.9. The van der Waals surface area contributed by atoms with E-state index >= 15 is 0 Å². The maximum Gasteiger partial charge on any atom is 0.107 e. The van der Waals surface area contributed by atoms with Gasteiger partial charge in [0.05, 0.1) is 5.69 Å². The largest absolute Gasteiger partial charge is 0.241 e. The summed E-state index contributed by atoms with van der Waals surface area (Å²) in [4.78, 5) is 4.68. The van der Waals surface area contributed by atoms with E-state index in [1.54, 1.807) is 0 Å². The summed E-state index contributed by atoms with van der Waals surface area (Å²) in [5, 5.41) is 0. The molecule has 0 amide bonds. The molecule has 0 atom stereocenters. The Morgan fingerprint density at radius 3 is 1.72 bits per heavy atom. The maximum absolute atomic E-state index is 4.68. The Kier molecular flexibility index (Phi) is 4.45. The molecule has 4 aromatic rings. The van der Waals surface area contributed by atoms with Gasteiger partial charge in [-0.1, -0.05) is 78.9 Å². The minimum absolute atomic E-state index is 0.842. The minimum Gasteiger partial charge on any atom is -0.241 e. The molecule has 120 valence electrons. The van der Waals surface area contributed by atoms with Crippen LogP contribution in [0, 0.1) is 0 Å². The Balaban J connectivity index is 1.79. The normalized spacial score (nSPS) is 10.6. The number of hydrogen-bond donors (Lipinski definition) is 0. The Morgan fingerprint density at radius 2 is 1.04 bits per heavy atom. The van der Waals surface area contributed by atoms with Gasteiger partial charge in [-0.05, 0) is 56.4 Å². The first-order valence-electron chi connectivity index (χ1n) is 8.18. The van der Waals surface area contributed by atoms with Crippen molar-refractivity contribution in [1.29, 1.82) is 0 Å². The van der Waals surface area contributed by atoms with E-state index < -0.39 is 0 Å². The number of benzene rings is 3. The number of aromatic nitrogens is 1. The van der Waals surface area contributed by atoms with E-state index in [2.05, 4.69) is 106 Å². The number of hydrogen-bond acceptors (Lipinski definition) is 1. The van der Waals surface area contributed by atoms with Gasteiger partial charge in [-0.2, -0.15) is 0 Å². The zero-order valence-corrected chi connectivity index (χ0v) is 15.1. The Bertz CT molecular complexity index is 995. The summed E-state index contributed by atoms with van der Waals surface area (Å²) in [5.74, 6) is 0. The van der Waals surface area contributed by atoms with Crippen LogP contribution in [-0.4, -0.2) is 4.98 Å². The lowest BCUT2D eigenvalue weighted by Crippen LogP contribution is -1.88. The summed E-state index contributed by atoms with van der Waals surface area (Å²) >= 11 is 3.56.